The second-order valence-corrected chi connectivity index (χ2v) is 6.72. The minimum atomic E-state index is -0.400. The van der Waals surface area contributed by atoms with Gasteiger partial charge in [0.15, 0.2) is 18.1 Å². The number of nitrogens with one attached hydrogen (secondary N) is 1. The molecule has 0 aliphatic carbocycles. The molecule has 3 rings (SSSR count). The Morgan fingerprint density at radius 1 is 1.11 bits per heavy atom. The van der Waals surface area contributed by atoms with Gasteiger partial charge in [-0.25, -0.2) is 0 Å². The maximum Gasteiger partial charge on any atom is 0.258 e. The summed E-state index contributed by atoms with van der Waals surface area (Å²) < 4.78 is 16.7. The van der Waals surface area contributed by atoms with Crippen LogP contribution in [-0.2, 0) is 22.6 Å². The number of carbonyl (C=O) groups is 2. The minimum Gasteiger partial charge on any atom is -0.489 e. The predicted molar refractivity (Wildman–Crippen MR) is 104 cm³/mol. The van der Waals surface area contributed by atoms with Crippen molar-refractivity contribution in [3.05, 3.63) is 52.5 Å². The van der Waals surface area contributed by atoms with E-state index in [4.69, 9.17) is 31.5 Å². The molecule has 2 aromatic carbocycles. The van der Waals surface area contributed by atoms with Crippen LogP contribution in [0.25, 0.3) is 0 Å². The number of rotatable bonds is 7. The van der Waals surface area contributed by atoms with Crippen molar-refractivity contribution in [2.75, 3.05) is 19.8 Å². The Balaban J connectivity index is 1.50. The number of nitrogens with two attached hydrogens (primary N) is 1. The summed E-state index contributed by atoms with van der Waals surface area (Å²) in [5.41, 5.74) is 6.74. The molecule has 1 aliphatic rings. The lowest BCUT2D eigenvalue weighted by atomic mass is 10.1. The molecule has 0 saturated carbocycles. The van der Waals surface area contributed by atoms with Gasteiger partial charge in [-0.05, 0) is 35.4 Å². The first-order valence-corrected chi connectivity index (χ1v) is 9.24. The number of ether oxygens (including phenoxy) is 3. The summed E-state index contributed by atoms with van der Waals surface area (Å²) in [7, 11) is 0. The molecule has 2 amide bonds. The van der Waals surface area contributed by atoms with Crippen molar-refractivity contribution in [3.8, 4) is 17.2 Å². The van der Waals surface area contributed by atoms with E-state index in [2.05, 4.69) is 5.32 Å². The highest BCUT2D eigenvalue weighted by molar-refractivity contribution is 6.32. The zero-order chi connectivity index (χ0) is 19.9. The Morgan fingerprint density at radius 2 is 1.86 bits per heavy atom. The molecule has 0 aromatic heterocycles. The van der Waals surface area contributed by atoms with E-state index in [0.29, 0.717) is 35.5 Å². The fourth-order valence-electron chi connectivity index (χ4n) is 2.69. The maximum atomic E-state index is 12.0. The van der Waals surface area contributed by atoms with E-state index >= 15 is 0 Å². The molecule has 3 N–H and O–H groups in total. The second-order valence-electron chi connectivity index (χ2n) is 6.31. The Kier molecular flexibility index (Phi) is 6.60. The van der Waals surface area contributed by atoms with Crippen molar-refractivity contribution in [2.45, 2.75) is 19.4 Å². The molecule has 1 heterocycles. The zero-order valence-corrected chi connectivity index (χ0v) is 16.0. The van der Waals surface area contributed by atoms with Gasteiger partial charge in [-0.15, -0.1) is 0 Å². The van der Waals surface area contributed by atoms with Crippen LogP contribution in [0.15, 0.2) is 36.4 Å². The SMILES string of the molecule is NC(=O)Cc1ccc(OCC(=O)NCc2cc(Cl)c3c(c2)OCCCO3)cc1. The molecule has 0 saturated heterocycles. The standard InChI is InChI=1S/C20H21ClN2O5/c21-16-8-14(9-17-20(16)27-7-1-6-26-17)11-23-19(25)12-28-15-4-2-13(3-5-15)10-18(22)24/h2-5,8-9H,1,6-7,10-12H2,(H2,22,24)(H,23,25). The number of amides is 2. The monoisotopic (exact) mass is 404 g/mol. The molecule has 2 aromatic rings. The molecule has 0 unspecified atom stereocenters. The number of hydrogen-bond acceptors (Lipinski definition) is 5. The van der Waals surface area contributed by atoms with E-state index in [-0.39, 0.29) is 25.5 Å². The van der Waals surface area contributed by atoms with E-state index in [1.165, 1.54) is 0 Å². The van der Waals surface area contributed by atoms with Crippen molar-refractivity contribution >= 4 is 23.4 Å². The van der Waals surface area contributed by atoms with Crippen LogP contribution in [0.5, 0.6) is 17.2 Å². The minimum absolute atomic E-state index is 0.131. The predicted octanol–water partition coefficient (Wildman–Crippen LogP) is 2.22. The summed E-state index contributed by atoms with van der Waals surface area (Å²) in [6, 6.07) is 10.4. The third kappa shape index (κ3) is 5.53. The van der Waals surface area contributed by atoms with E-state index in [1.807, 2.05) is 6.07 Å². The van der Waals surface area contributed by atoms with Crippen LogP contribution >= 0.6 is 11.6 Å². The van der Waals surface area contributed by atoms with Gasteiger partial charge in [-0.3, -0.25) is 9.59 Å². The lowest BCUT2D eigenvalue weighted by Gasteiger charge is -2.12. The Hall–Kier alpha value is -2.93. The Labute approximate surface area is 167 Å². The van der Waals surface area contributed by atoms with Crippen molar-refractivity contribution in [1.82, 2.24) is 5.32 Å². The topological polar surface area (TPSA) is 99.9 Å². The van der Waals surface area contributed by atoms with Gasteiger partial charge in [0.05, 0.1) is 24.7 Å². The average Bonchev–Trinajstić information content (AvgIpc) is 2.91. The van der Waals surface area contributed by atoms with Gasteiger partial charge in [0.25, 0.3) is 5.91 Å². The normalized spacial score (nSPS) is 12.8. The van der Waals surface area contributed by atoms with Gasteiger partial charge in [0.2, 0.25) is 5.91 Å². The first-order valence-electron chi connectivity index (χ1n) is 8.86. The van der Waals surface area contributed by atoms with Crippen LogP contribution in [0.2, 0.25) is 5.02 Å². The van der Waals surface area contributed by atoms with Crippen LogP contribution in [0.1, 0.15) is 17.5 Å². The summed E-state index contributed by atoms with van der Waals surface area (Å²) in [6.07, 6.45) is 0.955. The largest absolute Gasteiger partial charge is 0.489 e. The summed E-state index contributed by atoms with van der Waals surface area (Å²) >= 11 is 6.25. The lowest BCUT2D eigenvalue weighted by molar-refractivity contribution is -0.123. The van der Waals surface area contributed by atoms with Crippen molar-refractivity contribution in [2.24, 2.45) is 5.73 Å². The number of primary amides is 1. The third-order valence-electron chi connectivity index (χ3n) is 4.02. The second kappa shape index (κ2) is 9.32. The Morgan fingerprint density at radius 3 is 2.61 bits per heavy atom. The molecule has 7 nitrogen and oxygen atoms in total. The van der Waals surface area contributed by atoms with Crippen LogP contribution in [0.4, 0.5) is 0 Å². The molecule has 1 aliphatic heterocycles. The smallest absolute Gasteiger partial charge is 0.258 e. The number of fused-ring (bicyclic) bond motifs is 1. The maximum absolute atomic E-state index is 12.0. The number of carbonyl (C=O) groups excluding carboxylic acids is 2. The summed E-state index contributed by atoms with van der Waals surface area (Å²) in [6.45, 7) is 1.28. The van der Waals surface area contributed by atoms with Gasteiger partial charge in [0.1, 0.15) is 5.75 Å². The van der Waals surface area contributed by atoms with Gasteiger partial charge in [-0.1, -0.05) is 23.7 Å². The quantitative estimate of drug-likeness (QED) is 0.737. The van der Waals surface area contributed by atoms with E-state index < -0.39 is 5.91 Å². The molecule has 0 atom stereocenters. The highest BCUT2D eigenvalue weighted by Crippen LogP contribution is 2.37. The molecule has 0 spiro atoms. The highest BCUT2D eigenvalue weighted by atomic mass is 35.5. The zero-order valence-electron chi connectivity index (χ0n) is 15.2. The summed E-state index contributed by atoms with van der Waals surface area (Å²) in [4.78, 5) is 22.9. The number of benzene rings is 2. The molecule has 0 radical (unpaired) electrons. The van der Waals surface area contributed by atoms with Gasteiger partial charge < -0.3 is 25.3 Å². The van der Waals surface area contributed by atoms with Gasteiger partial charge in [0, 0.05) is 13.0 Å². The van der Waals surface area contributed by atoms with Gasteiger partial charge >= 0.3 is 0 Å². The van der Waals surface area contributed by atoms with Crippen molar-refractivity contribution < 1.29 is 23.8 Å². The molecule has 8 heteroatoms. The molecule has 28 heavy (non-hydrogen) atoms. The fraction of sp³-hybridized carbons (Fsp3) is 0.300. The first-order chi connectivity index (χ1) is 13.5. The molecule has 148 valence electrons. The van der Waals surface area contributed by atoms with Crippen molar-refractivity contribution in [3.63, 3.8) is 0 Å². The van der Waals surface area contributed by atoms with Crippen LogP contribution in [0, 0.1) is 0 Å². The fourth-order valence-corrected chi connectivity index (χ4v) is 2.98. The lowest BCUT2D eigenvalue weighted by Crippen LogP contribution is -2.28. The first kappa shape index (κ1) is 19.8. The number of halogens is 1. The van der Waals surface area contributed by atoms with E-state index in [9.17, 15) is 9.59 Å². The average molecular weight is 405 g/mol. The summed E-state index contributed by atoms with van der Waals surface area (Å²) in [5.74, 6) is 0.980. The highest BCUT2D eigenvalue weighted by Gasteiger charge is 2.16. The van der Waals surface area contributed by atoms with E-state index in [0.717, 1.165) is 17.5 Å². The van der Waals surface area contributed by atoms with E-state index in [1.54, 1.807) is 30.3 Å². The molecule has 0 bridgehead atoms. The van der Waals surface area contributed by atoms with Crippen molar-refractivity contribution in [1.29, 1.82) is 0 Å². The van der Waals surface area contributed by atoms with Crippen LogP contribution in [0.3, 0.4) is 0 Å². The summed E-state index contributed by atoms with van der Waals surface area (Å²) in [5, 5.41) is 3.23. The van der Waals surface area contributed by atoms with Gasteiger partial charge in [-0.2, -0.15) is 0 Å². The van der Waals surface area contributed by atoms with Crippen LogP contribution in [-0.4, -0.2) is 31.6 Å². The molecular formula is C20H21ClN2O5. The molecule has 0 fully saturated rings. The van der Waals surface area contributed by atoms with Crippen LogP contribution < -0.4 is 25.3 Å². The number of hydrogen-bond donors (Lipinski definition) is 2. The Bertz CT molecular complexity index is 854. The third-order valence-corrected chi connectivity index (χ3v) is 4.30. The molecular weight excluding hydrogens is 384 g/mol.